The van der Waals surface area contributed by atoms with Gasteiger partial charge < -0.3 is 9.72 Å². The molecule has 2 heterocycles. The Balaban J connectivity index is 2.52. The fraction of sp³-hybridized carbons (Fsp3) is 0.250. The van der Waals surface area contributed by atoms with Gasteiger partial charge in [-0.15, -0.1) is 14.8 Å². The maximum absolute atomic E-state index is 11.3. The summed E-state index contributed by atoms with van der Waals surface area (Å²) in [6.07, 6.45) is 1.21. The molecule has 0 aromatic carbocycles. The van der Waals surface area contributed by atoms with Gasteiger partial charge in [-0.05, 0) is 6.92 Å². The fourth-order valence-electron chi connectivity index (χ4n) is 1.14. The number of fused-ring (bicyclic) bond motifs is 1. The maximum atomic E-state index is 11.3. The first-order valence-corrected chi connectivity index (χ1v) is 4.33. The molecule has 0 atom stereocenters. The third-order valence-corrected chi connectivity index (χ3v) is 1.77. The van der Waals surface area contributed by atoms with Gasteiger partial charge in [0.15, 0.2) is 11.2 Å². The Hall–Kier alpha value is -2.18. The fourth-order valence-corrected chi connectivity index (χ4v) is 1.14. The lowest BCUT2D eigenvalue weighted by Crippen LogP contribution is -2.10. The molecule has 15 heavy (non-hydrogen) atoms. The van der Waals surface area contributed by atoms with Crippen LogP contribution in [0, 0.1) is 0 Å². The average Bonchev–Trinajstić information content (AvgIpc) is 2.63. The highest BCUT2D eigenvalue weighted by Crippen LogP contribution is 2.01. The van der Waals surface area contributed by atoms with Crippen LogP contribution in [0.3, 0.4) is 0 Å². The lowest BCUT2D eigenvalue weighted by Gasteiger charge is -1.94. The standard InChI is InChI=1S/C8H8N4O3/c1-2-15-8(14)5-3-6-7(13)9-4-10-12(6)11-5/h3-4H,2H2,1H3,(H,9,10,13). The summed E-state index contributed by atoms with van der Waals surface area (Å²) in [6.45, 7) is 1.95. The number of esters is 1. The quantitative estimate of drug-likeness (QED) is 0.678. The second-order valence-corrected chi connectivity index (χ2v) is 2.74. The number of carbonyl (C=O) groups is 1. The van der Waals surface area contributed by atoms with E-state index < -0.39 is 5.97 Å². The molecule has 0 amide bonds. The molecule has 7 nitrogen and oxygen atoms in total. The van der Waals surface area contributed by atoms with Crippen molar-refractivity contribution in [3.63, 3.8) is 0 Å². The number of rotatable bonds is 2. The van der Waals surface area contributed by atoms with Gasteiger partial charge in [-0.2, -0.15) is 0 Å². The van der Waals surface area contributed by atoms with E-state index in [0.29, 0.717) is 0 Å². The number of nitrogens with one attached hydrogen (secondary N) is 1. The van der Waals surface area contributed by atoms with E-state index in [9.17, 15) is 9.59 Å². The van der Waals surface area contributed by atoms with Crippen molar-refractivity contribution >= 4 is 11.5 Å². The van der Waals surface area contributed by atoms with E-state index in [-0.39, 0.29) is 23.4 Å². The van der Waals surface area contributed by atoms with Crippen LogP contribution in [-0.2, 0) is 4.74 Å². The minimum Gasteiger partial charge on any atom is -0.461 e. The van der Waals surface area contributed by atoms with Crippen LogP contribution in [0.25, 0.3) is 5.52 Å². The predicted molar refractivity (Wildman–Crippen MR) is 49.6 cm³/mol. The third kappa shape index (κ3) is 1.58. The van der Waals surface area contributed by atoms with Crippen molar-refractivity contribution in [2.24, 2.45) is 0 Å². The van der Waals surface area contributed by atoms with Gasteiger partial charge in [-0.1, -0.05) is 0 Å². The molecule has 0 aliphatic rings. The van der Waals surface area contributed by atoms with Crippen molar-refractivity contribution in [2.75, 3.05) is 6.61 Å². The molecule has 0 saturated heterocycles. The Kier molecular flexibility index (Phi) is 2.20. The SMILES string of the molecule is CCOC(=O)c1cc2c(=O)[nH]cnn2n1. The normalized spacial score (nSPS) is 10.5. The molecule has 0 aliphatic heterocycles. The third-order valence-electron chi connectivity index (χ3n) is 1.77. The molecule has 1 N–H and O–H groups in total. The summed E-state index contributed by atoms with van der Waals surface area (Å²) in [5.41, 5.74) is -0.0744. The number of hydrogen-bond acceptors (Lipinski definition) is 5. The van der Waals surface area contributed by atoms with Crippen LogP contribution in [0.2, 0.25) is 0 Å². The molecule has 2 aromatic heterocycles. The van der Waals surface area contributed by atoms with Gasteiger partial charge in [0.1, 0.15) is 6.33 Å². The van der Waals surface area contributed by atoms with Crippen molar-refractivity contribution in [1.29, 1.82) is 0 Å². The zero-order chi connectivity index (χ0) is 10.8. The number of aromatic amines is 1. The van der Waals surface area contributed by atoms with E-state index >= 15 is 0 Å². The van der Waals surface area contributed by atoms with Crippen molar-refractivity contribution in [3.8, 4) is 0 Å². The zero-order valence-electron chi connectivity index (χ0n) is 7.93. The van der Waals surface area contributed by atoms with Gasteiger partial charge in [0.2, 0.25) is 0 Å². The number of aromatic nitrogens is 4. The molecule has 0 saturated carbocycles. The van der Waals surface area contributed by atoms with Crippen molar-refractivity contribution in [1.82, 2.24) is 19.8 Å². The number of carbonyl (C=O) groups excluding carboxylic acids is 1. The van der Waals surface area contributed by atoms with E-state index in [1.807, 2.05) is 0 Å². The monoisotopic (exact) mass is 208 g/mol. The minimum atomic E-state index is -0.567. The summed E-state index contributed by atoms with van der Waals surface area (Å²) in [7, 11) is 0. The highest BCUT2D eigenvalue weighted by molar-refractivity contribution is 5.88. The predicted octanol–water partition coefficient (Wildman–Crippen LogP) is -0.406. The molecule has 2 aromatic rings. The average molecular weight is 208 g/mol. The second-order valence-electron chi connectivity index (χ2n) is 2.74. The Morgan fingerprint density at radius 2 is 2.47 bits per heavy atom. The molecule has 0 radical (unpaired) electrons. The van der Waals surface area contributed by atoms with Gasteiger partial charge >= 0.3 is 5.97 Å². The second kappa shape index (κ2) is 3.52. The highest BCUT2D eigenvalue weighted by Gasteiger charge is 2.13. The van der Waals surface area contributed by atoms with Gasteiger partial charge in [0.25, 0.3) is 5.56 Å². The molecule has 0 aliphatic carbocycles. The summed E-state index contributed by atoms with van der Waals surface area (Å²) in [5, 5.41) is 7.55. The Bertz CT molecular complexity index is 556. The largest absolute Gasteiger partial charge is 0.461 e. The number of nitrogens with zero attached hydrogens (tertiary/aromatic N) is 3. The summed E-state index contributed by atoms with van der Waals surface area (Å²) in [4.78, 5) is 24.9. The highest BCUT2D eigenvalue weighted by atomic mass is 16.5. The van der Waals surface area contributed by atoms with Crippen LogP contribution in [0.15, 0.2) is 17.2 Å². The summed E-state index contributed by atoms with van der Waals surface area (Å²) in [6, 6.07) is 1.34. The van der Waals surface area contributed by atoms with Crippen LogP contribution < -0.4 is 5.56 Å². The lowest BCUT2D eigenvalue weighted by molar-refractivity contribution is 0.0519. The molecule has 0 fully saturated rings. The lowest BCUT2D eigenvalue weighted by atomic mass is 10.4. The van der Waals surface area contributed by atoms with Gasteiger partial charge in [-0.3, -0.25) is 4.79 Å². The molecule has 0 spiro atoms. The Morgan fingerprint density at radius 3 is 3.13 bits per heavy atom. The van der Waals surface area contributed by atoms with E-state index in [2.05, 4.69) is 15.2 Å². The van der Waals surface area contributed by atoms with Crippen LogP contribution in [0.4, 0.5) is 0 Å². The Morgan fingerprint density at radius 1 is 1.67 bits per heavy atom. The van der Waals surface area contributed by atoms with Crippen LogP contribution in [0.5, 0.6) is 0 Å². The van der Waals surface area contributed by atoms with Crippen molar-refractivity contribution in [3.05, 3.63) is 28.4 Å². The topological polar surface area (TPSA) is 89.4 Å². The van der Waals surface area contributed by atoms with Crippen molar-refractivity contribution in [2.45, 2.75) is 6.92 Å². The molecule has 0 bridgehead atoms. The minimum absolute atomic E-state index is 0.0704. The number of ether oxygens (including phenoxy) is 1. The summed E-state index contributed by atoms with van der Waals surface area (Å²) >= 11 is 0. The molecule has 2 rings (SSSR count). The van der Waals surface area contributed by atoms with Gasteiger partial charge in [0.05, 0.1) is 6.61 Å². The molecule has 7 heteroatoms. The smallest absolute Gasteiger partial charge is 0.358 e. The molecular weight excluding hydrogens is 200 g/mol. The molecule has 0 unspecified atom stereocenters. The first-order valence-electron chi connectivity index (χ1n) is 4.33. The number of hydrogen-bond donors (Lipinski definition) is 1. The zero-order valence-corrected chi connectivity index (χ0v) is 7.93. The molecule has 78 valence electrons. The van der Waals surface area contributed by atoms with E-state index in [1.54, 1.807) is 6.92 Å². The van der Waals surface area contributed by atoms with Gasteiger partial charge in [-0.25, -0.2) is 4.79 Å². The van der Waals surface area contributed by atoms with E-state index in [1.165, 1.54) is 12.4 Å². The summed E-state index contributed by atoms with van der Waals surface area (Å²) in [5.74, 6) is -0.567. The van der Waals surface area contributed by atoms with Gasteiger partial charge in [0, 0.05) is 6.07 Å². The van der Waals surface area contributed by atoms with E-state index in [0.717, 1.165) is 4.63 Å². The van der Waals surface area contributed by atoms with E-state index in [4.69, 9.17) is 4.74 Å². The van der Waals surface area contributed by atoms with Crippen LogP contribution in [0.1, 0.15) is 17.4 Å². The maximum Gasteiger partial charge on any atom is 0.358 e. The molecular formula is C8H8N4O3. The van der Waals surface area contributed by atoms with Crippen LogP contribution in [-0.4, -0.2) is 32.4 Å². The van der Waals surface area contributed by atoms with Crippen LogP contribution >= 0.6 is 0 Å². The van der Waals surface area contributed by atoms with Crippen molar-refractivity contribution < 1.29 is 9.53 Å². The number of H-pyrrole nitrogens is 1. The Labute approximate surface area is 83.7 Å². The first-order chi connectivity index (χ1) is 7.22. The first kappa shape index (κ1) is 9.38. The summed E-state index contributed by atoms with van der Waals surface area (Å²) < 4.78 is 5.83.